The van der Waals surface area contributed by atoms with E-state index in [1.54, 1.807) is 0 Å². The van der Waals surface area contributed by atoms with Crippen molar-refractivity contribution in [1.82, 2.24) is 4.90 Å². The zero-order valence-corrected chi connectivity index (χ0v) is 12.3. The molecule has 2 N–H and O–H groups in total. The van der Waals surface area contributed by atoms with E-state index in [2.05, 4.69) is 38.1 Å². The van der Waals surface area contributed by atoms with Gasteiger partial charge < -0.3 is 10.6 Å². The molecular formula is C16H23N3O. The van der Waals surface area contributed by atoms with Gasteiger partial charge in [0.1, 0.15) is 0 Å². The van der Waals surface area contributed by atoms with Gasteiger partial charge in [-0.25, -0.2) is 4.79 Å². The summed E-state index contributed by atoms with van der Waals surface area (Å²) in [4.78, 5) is 16.1. The molecule has 0 aromatic heterocycles. The van der Waals surface area contributed by atoms with Crippen LogP contribution in [0.15, 0.2) is 24.3 Å². The molecule has 1 saturated carbocycles. The second-order valence-electron chi connectivity index (χ2n) is 6.25. The Bertz CT molecular complexity index is 505. The molecule has 0 bridgehead atoms. The molecule has 1 aliphatic carbocycles. The third-order valence-corrected chi connectivity index (χ3v) is 4.70. The number of anilines is 1. The van der Waals surface area contributed by atoms with Crippen LogP contribution in [0.3, 0.4) is 0 Å². The summed E-state index contributed by atoms with van der Waals surface area (Å²) < 4.78 is 0. The summed E-state index contributed by atoms with van der Waals surface area (Å²) in [5, 5.41) is 0. The predicted molar refractivity (Wildman–Crippen MR) is 81.0 cm³/mol. The van der Waals surface area contributed by atoms with Crippen molar-refractivity contribution in [1.29, 1.82) is 0 Å². The third kappa shape index (κ3) is 2.08. The number of carbonyl (C=O) groups excluding carboxylic acids is 1. The number of rotatable bonds is 4. The minimum atomic E-state index is 0.118. The first-order valence-electron chi connectivity index (χ1n) is 7.46. The third-order valence-electron chi connectivity index (χ3n) is 4.70. The van der Waals surface area contributed by atoms with E-state index in [9.17, 15) is 4.79 Å². The van der Waals surface area contributed by atoms with Crippen LogP contribution in [-0.4, -0.2) is 36.6 Å². The Hall–Kier alpha value is -1.55. The molecule has 4 heteroatoms. The zero-order valence-electron chi connectivity index (χ0n) is 12.3. The highest BCUT2D eigenvalue weighted by molar-refractivity contribution is 5.94. The number of nitrogens with two attached hydrogens (primary N) is 1. The molecule has 0 atom stereocenters. The monoisotopic (exact) mass is 273 g/mol. The molecule has 1 aromatic carbocycles. The van der Waals surface area contributed by atoms with Gasteiger partial charge in [0.2, 0.25) is 0 Å². The lowest BCUT2D eigenvalue weighted by atomic mass is 9.96. The molecule has 3 rings (SSSR count). The second kappa shape index (κ2) is 4.77. The van der Waals surface area contributed by atoms with Gasteiger partial charge in [0, 0.05) is 36.8 Å². The Morgan fingerprint density at radius 2 is 1.85 bits per heavy atom. The highest BCUT2D eigenvalue weighted by Gasteiger charge is 2.42. The number of hydrogen-bond donors (Lipinski definition) is 1. The molecule has 2 amide bonds. The maximum Gasteiger partial charge on any atom is 0.324 e. The molecule has 0 unspecified atom stereocenters. The molecule has 2 aliphatic rings. The summed E-state index contributed by atoms with van der Waals surface area (Å²) in [7, 11) is 0. The van der Waals surface area contributed by atoms with Crippen molar-refractivity contribution in [3.8, 4) is 0 Å². The Balaban J connectivity index is 1.77. The summed E-state index contributed by atoms with van der Waals surface area (Å²) >= 11 is 0. The fraction of sp³-hybridized carbons (Fsp3) is 0.562. The van der Waals surface area contributed by atoms with Gasteiger partial charge in [-0.1, -0.05) is 12.1 Å². The predicted octanol–water partition coefficient (Wildman–Crippen LogP) is 2.33. The van der Waals surface area contributed by atoms with Crippen molar-refractivity contribution in [2.45, 2.75) is 38.1 Å². The zero-order chi connectivity index (χ0) is 14.3. The molecule has 4 nitrogen and oxygen atoms in total. The number of benzene rings is 1. The lowest BCUT2D eigenvalue weighted by molar-refractivity contribution is 0.209. The van der Waals surface area contributed by atoms with E-state index < -0.39 is 0 Å². The van der Waals surface area contributed by atoms with Gasteiger partial charge in [0.05, 0.1) is 0 Å². The normalized spacial score (nSPS) is 20.9. The van der Waals surface area contributed by atoms with Gasteiger partial charge in [0.15, 0.2) is 0 Å². The van der Waals surface area contributed by atoms with Crippen molar-refractivity contribution in [2.75, 3.05) is 24.5 Å². The molecule has 1 heterocycles. The first-order valence-corrected chi connectivity index (χ1v) is 7.46. The van der Waals surface area contributed by atoms with Gasteiger partial charge in [-0.3, -0.25) is 4.90 Å². The minimum absolute atomic E-state index is 0.118. The van der Waals surface area contributed by atoms with Crippen LogP contribution in [0, 0.1) is 0 Å². The second-order valence-corrected chi connectivity index (χ2v) is 6.25. The van der Waals surface area contributed by atoms with Crippen molar-refractivity contribution in [3.63, 3.8) is 0 Å². The Kier molecular flexibility index (Phi) is 3.21. The standard InChI is InChI=1S/C16H23N3O/c1-12(2)18-9-10-19(15(18)20)14-5-3-13(4-6-14)16(11-17)7-8-16/h3-6,12H,7-11,17H2,1-2H3. The van der Waals surface area contributed by atoms with Crippen LogP contribution in [0.4, 0.5) is 10.5 Å². The van der Waals surface area contributed by atoms with Crippen molar-refractivity contribution >= 4 is 11.7 Å². The number of carbonyl (C=O) groups is 1. The quantitative estimate of drug-likeness (QED) is 0.915. The molecule has 1 aliphatic heterocycles. The Morgan fingerprint density at radius 3 is 2.30 bits per heavy atom. The van der Waals surface area contributed by atoms with Crippen molar-refractivity contribution in [3.05, 3.63) is 29.8 Å². The van der Waals surface area contributed by atoms with Gasteiger partial charge in [0.25, 0.3) is 0 Å². The van der Waals surface area contributed by atoms with E-state index in [4.69, 9.17) is 5.73 Å². The highest BCUT2D eigenvalue weighted by atomic mass is 16.2. The van der Waals surface area contributed by atoms with Crippen LogP contribution in [0.2, 0.25) is 0 Å². The van der Waals surface area contributed by atoms with E-state index in [-0.39, 0.29) is 17.5 Å². The van der Waals surface area contributed by atoms with Gasteiger partial charge in [-0.05, 0) is 44.4 Å². The first kappa shape index (κ1) is 13.4. The highest BCUT2D eigenvalue weighted by Crippen LogP contribution is 2.47. The lowest BCUT2D eigenvalue weighted by Gasteiger charge is -2.22. The lowest BCUT2D eigenvalue weighted by Crippen LogP contribution is -2.36. The Morgan fingerprint density at radius 1 is 1.20 bits per heavy atom. The molecule has 2 fully saturated rings. The van der Waals surface area contributed by atoms with E-state index in [1.807, 2.05) is 9.80 Å². The van der Waals surface area contributed by atoms with E-state index >= 15 is 0 Å². The molecule has 1 aromatic rings. The summed E-state index contributed by atoms with van der Waals surface area (Å²) in [6, 6.07) is 8.78. The molecular weight excluding hydrogens is 250 g/mol. The molecule has 108 valence electrons. The average molecular weight is 273 g/mol. The minimum Gasteiger partial charge on any atom is -0.330 e. The largest absolute Gasteiger partial charge is 0.330 e. The van der Waals surface area contributed by atoms with Crippen LogP contribution >= 0.6 is 0 Å². The van der Waals surface area contributed by atoms with Crippen LogP contribution < -0.4 is 10.6 Å². The molecule has 0 spiro atoms. The number of hydrogen-bond acceptors (Lipinski definition) is 2. The maximum absolute atomic E-state index is 12.3. The van der Waals surface area contributed by atoms with E-state index in [0.29, 0.717) is 0 Å². The van der Waals surface area contributed by atoms with Crippen LogP contribution in [-0.2, 0) is 5.41 Å². The summed E-state index contributed by atoms with van der Waals surface area (Å²) in [6.07, 6.45) is 2.37. The molecule has 20 heavy (non-hydrogen) atoms. The fourth-order valence-electron chi connectivity index (χ4n) is 3.03. The summed E-state index contributed by atoms with van der Waals surface area (Å²) in [5.41, 5.74) is 8.39. The number of nitrogens with zero attached hydrogens (tertiary/aromatic N) is 2. The topological polar surface area (TPSA) is 49.6 Å². The van der Waals surface area contributed by atoms with Gasteiger partial charge >= 0.3 is 6.03 Å². The van der Waals surface area contributed by atoms with Crippen molar-refractivity contribution in [2.24, 2.45) is 5.73 Å². The smallest absolute Gasteiger partial charge is 0.324 e. The maximum atomic E-state index is 12.3. The molecule has 0 radical (unpaired) electrons. The van der Waals surface area contributed by atoms with E-state index in [1.165, 1.54) is 18.4 Å². The Labute approximate surface area is 120 Å². The van der Waals surface area contributed by atoms with Crippen molar-refractivity contribution < 1.29 is 4.79 Å². The first-order chi connectivity index (χ1) is 9.57. The number of amides is 2. The van der Waals surface area contributed by atoms with Gasteiger partial charge in [-0.2, -0.15) is 0 Å². The fourth-order valence-corrected chi connectivity index (χ4v) is 3.03. The van der Waals surface area contributed by atoms with Gasteiger partial charge in [-0.15, -0.1) is 0 Å². The molecule has 1 saturated heterocycles. The van der Waals surface area contributed by atoms with Crippen LogP contribution in [0.1, 0.15) is 32.3 Å². The van der Waals surface area contributed by atoms with E-state index in [0.717, 1.165) is 25.3 Å². The summed E-state index contributed by atoms with van der Waals surface area (Å²) in [6.45, 7) is 6.42. The average Bonchev–Trinajstić information content (AvgIpc) is 3.16. The summed E-state index contributed by atoms with van der Waals surface area (Å²) in [5.74, 6) is 0. The van der Waals surface area contributed by atoms with Crippen LogP contribution in [0.5, 0.6) is 0 Å². The number of urea groups is 1. The van der Waals surface area contributed by atoms with Crippen LogP contribution in [0.25, 0.3) is 0 Å². The SMILES string of the molecule is CC(C)N1CCN(c2ccc(C3(CN)CC3)cc2)C1=O.